The van der Waals surface area contributed by atoms with Crippen LogP contribution in [0.1, 0.15) is 19.8 Å². The fourth-order valence-corrected chi connectivity index (χ4v) is 6.65. The van der Waals surface area contributed by atoms with Crippen LogP contribution < -0.4 is 5.32 Å². The van der Waals surface area contributed by atoms with Gasteiger partial charge < -0.3 is 24.8 Å². The second kappa shape index (κ2) is 8.90. The maximum atomic E-state index is 13.6. The number of halogens is 1. The smallest absolute Gasteiger partial charge is 0.312 e. The van der Waals surface area contributed by atoms with E-state index in [1.165, 1.54) is 4.90 Å². The maximum absolute atomic E-state index is 13.6. The van der Waals surface area contributed by atoms with Crippen molar-refractivity contribution in [3.05, 3.63) is 24.3 Å². The minimum Gasteiger partial charge on any atom is -0.466 e. The number of benzene rings is 1. The Labute approximate surface area is 203 Å². The van der Waals surface area contributed by atoms with Crippen molar-refractivity contribution in [1.29, 1.82) is 0 Å². The third-order valence-electron chi connectivity index (χ3n) is 6.98. The van der Waals surface area contributed by atoms with Crippen LogP contribution in [0.2, 0.25) is 0 Å². The van der Waals surface area contributed by atoms with E-state index < -0.39 is 41.5 Å². The van der Waals surface area contributed by atoms with Gasteiger partial charge in [0.15, 0.2) is 0 Å². The largest absolute Gasteiger partial charge is 0.466 e. The number of esters is 1. The Kier molecular flexibility index (Phi) is 6.07. The first kappa shape index (κ1) is 23.2. The summed E-state index contributed by atoms with van der Waals surface area (Å²) in [5.41, 5.74) is 0.310. The van der Waals surface area contributed by atoms with Gasteiger partial charge in [0, 0.05) is 18.0 Å². The molecule has 5 rings (SSSR count). The Balaban J connectivity index is 1.45. The number of aliphatic hydroxyl groups is 1. The van der Waals surface area contributed by atoms with Crippen LogP contribution in [0, 0.1) is 11.8 Å². The summed E-state index contributed by atoms with van der Waals surface area (Å²) in [6.07, 6.45) is 0.156. The minimum absolute atomic E-state index is 0.0566. The first-order valence-corrected chi connectivity index (χ1v) is 12.3. The zero-order valence-electron chi connectivity index (χ0n) is 18.6. The molecule has 1 spiro atoms. The SMILES string of the molecule is CCOC(=O)[C@H]1[C@@H]2O[C@@]3(CC2Br)[C@@H]1C(=O)N(CCCO)[C@@H]3C(=O)NCn1nnc2ccccc21. The van der Waals surface area contributed by atoms with E-state index in [0.717, 1.165) is 5.52 Å². The molecular formula is C22H26BrN5O6. The van der Waals surface area contributed by atoms with E-state index in [4.69, 9.17) is 9.47 Å². The number of hydrogen-bond acceptors (Lipinski definition) is 8. The van der Waals surface area contributed by atoms with Gasteiger partial charge in [-0.2, -0.15) is 0 Å². The lowest BCUT2D eigenvalue weighted by Crippen LogP contribution is -2.56. The molecule has 3 aliphatic heterocycles. The molecule has 2 aromatic rings. The Morgan fingerprint density at radius 1 is 1.38 bits per heavy atom. The number of aliphatic hydroxyl groups excluding tert-OH is 1. The molecule has 11 nitrogen and oxygen atoms in total. The molecule has 2 amide bonds. The summed E-state index contributed by atoms with van der Waals surface area (Å²) >= 11 is 3.60. The first-order chi connectivity index (χ1) is 16.4. The summed E-state index contributed by atoms with van der Waals surface area (Å²) in [6.45, 7) is 2.00. The number of para-hydroxylation sites is 1. The number of nitrogens with zero attached hydrogens (tertiary/aromatic N) is 4. The molecule has 0 saturated carbocycles. The van der Waals surface area contributed by atoms with Crippen molar-refractivity contribution in [2.45, 2.75) is 49.0 Å². The minimum atomic E-state index is -1.16. The Bertz CT molecular complexity index is 1130. The van der Waals surface area contributed by atoms with Crippen LogP contribution in [0.4, 0.5) is 0 Å². The van der Waals surface area contributed by atoms with Crippen LogP contribution in [0.5, 0.6) is 0 Å². The van der Waals surface area contributed by atoms with Gasteiger partial charge in [-0.05, 0) is 31.9 Å². The highest BCUT2D eigenvalue weighted by Crippen LogP contribution is 2.60. The molecule has 2 bridgehead atoms. The topological polar surface area (TPSA) is 136 Å². The number of carbonyl (C=O) groups excluding carboxylic acids is 3. The molecule has 6 atom stereocenters. The van der Waals surface area contributed by atoms with Crippen molar-refractivity contribution in [2.75, 3.05) is 19.8 Å². The molecule has 1 unspecified atom stereocenters. The number of fused-ring (bicyclic) bond motifs is 2. The summed E-state index contributed by atoms with van der Waals surface area (Å²) < 4.78 is 13.2. The van der Waals surface area contributed by atoms with Crippen LogP contribution in [-0.2, 0) is 30.5 Å². The number of likely N-dealkylation sites (tertiary alicyclic amines) is 1. The third-order valence-corrected chi connectivity index (χ3v) is 7.82. The van der Waals surface area contributed by atoms with Crippen molar-refractivity contribution in [3.63, 3.8) is 0 Å². The Morgan fingerprint density at radius 3 is 2.94 bits per heavy atom. The zero-order valence-corrected chi connectivity index (χ0v) is 20.2. The highest BCUT2D eigenvalue weighted by molar-refractivity contribution is 9.09. The highest BCUT2D eigenvalue weighted by atomic mass is 79.9. The lowest BCUT2D eigenvalue weighted by Gasteiger charge is -2.33. The van der Waals surface area contributed by atoms with Crippen LogP contribution in [-0.4, -0.2) is 85.1 Å². The second-order valence-corrected chi connectivity index (χ2v) is 9.98. The van der Waals surface area contributed by atoms with Crippen LogP contribution in [0.3, 0.4) is 0 Å². The fraction of sp³-hybridized carbons (Fsp3) is 0.591. The van der Waals surface area contributed by atoms with E-state index in [1.54, 1.807) is 11.6 Å². The van der Waals surface area contributed by atoms with Gasteiger partial charge in [0.1, 0.15) is 23.8 Å². The van der Waals surface area contributed by atoms with E-state index in [-0.39, 0.29) is 37.2 Å². The normalized spacial score (nSPS) is 31.8. The number of ether oxygens (including phenoxy) is 2. The molecule has 0 aliphatic carbocycles. The zero-order chi connectivity index (χ0) is 24.0. The van der Waals surface area contributed by atoms with Crippen molar-refractivity contribution >= 4 is 44.7 Å². The van der Waals surface area contributed by atoms with Gasteiger partial charge in [0.05, 0.1) is 30.1 Å². The lowest BCUT2D eigenvalue weighted by atomic mass is 9.70. The lowest BCUT2D eigenvalue weighted by molar-refractivity contribution is -0.154. The second-order valence-electron chi connectivity index (χ2n) is 8.80. The standard InChI is InChI=1S/C22H26BrN5O6/c1-2-33-21(32)15-16-20(31)27(8-5-9-29)18(22(16)10-12(23)17(15)34-22)19(30)24-11-28-14-7-4-3-6-13(14)25-26-28/h3-4,6-7,12,15-18,29H,2,5,8-11H2,1H3,(H,24,30)/t12?,15-,16+,17-,18-,22+/m1/s1. The molecule has 1 aromatic heterocycles. The number of carbonyl (C=O) groups is 3. The number of nitrogens with one attached hydrogen (secondary N) is 1. The average Bonchev–Trinajstić information content (AvgIpc) is 3.53. The first-order valence-electron chi connectivity index (χ1n) is 11.4. The number of hydrogen-bond donors (Lipinski definition) is 2. The number of alkyl halides is 1. The molecule has 1 aromatic carbocycles. The van der Waals surface area contributed by atoms with E-state index in [0.29, 0.717) is 18.4 Å². The van der Waals surface area contributed by atoms with Crippen molar-refractivity contribution < 1.29 is 29.0 Å². The summed E-state index contributed by atoms with van der Waals surface area (Å²) in [4.78, 5) is 41.2. The van der Waals surface area contributed by atoms with Gasteiger partial charge in [-0.15, -0.1) is 5.10 Å². The van der Waals surface area contributed by atoms with Crippen molar-refractivity contribution in [2.24, 2.45) is 11.8 Å². The molecule has 34 heavy (non-hydrogen) atoms. The average molecular weight is 536 g/mol. The molecule has 12 heteroatoms. The molecule has 182 valence electrons. The Hall–Kier alpha value is -2.57. The molecule has 0 radical (unpaired) electrons. The van der Waals surface area contributed by atoms with Gasteiger partial charge in [0.25, 0.3) is 0 Å². The summed E-state index contributed by atoms with van der Waals surface area (Å²) in [5.74, 6) is -2.82. The monoisotopic (exact) mass is 535 g/mol. The summed E-state index contributed by atoms with van der Waals surface area (Å²) in [7, 11) is 0. The summed E-state index contributed by atoms with van der Waals surface area (Å²) in [6, 6.07) is 6.44. The number of amides is 2. The molecular weight excluding hydrogens is 510 g/mol. The van der Waals surface area contributed by atoms with Crippen molar-refractivity contribution in [1.82, 2.24) is 25.2 Å². The van der Waals surface area contributed by atoms with Crippen molar-refractivity contribution in [3.8, 4) is 0 Å². The maximum Gasteiger partial charge on any atom is 0.312 e. The van der Waals surface area contributed by atoms with E-state index >= 15 is 0 Å². The van der Waals surface area contributed by atoms with Gasteiger partial charge in [-0.1, -0.05) is 33.3 Å². The van der Waals surface area contributed by atoms with Crippen LogP contribution in [0.25, 0.3) is 11.0 Å². The van der Waals surface area contributed by atoms with Gasteiger partial charge in [0.2, 0.25) is 11.8 Å². The van der Waals surface area contributed by atoms with E-state index in [9.17, 15) is 19.5 Å². The van der Waals surface area contributed by atoms with Gasteiger partial charge in [-0.25, -0.2) is 4.68 Å². The van der Waals surface area contributed by atoms with E-state index in [2.05, 4.69) is 31.6 Å². The Morgan fingerprint density at radius 2 is 2.18 bits per heavy atom. The molecule has 3 saturated heterocycles. The predicted molar refractivity (Wildman–Crippen MR) is 121 cm³/mol. The molecule has 2 N–H and O–H groups in total. The van der Waals surface area contributed by atoms with Gasteiger partial charge >= 0.3 is 5.97 Å². The van der Waals surface area contributed by atoms with Crippen LogP contribution >= 0.6 is 15.9 Å². The predicted octanol–water partition coefficient (Wildman–Crippen LogP) is 0.199. The quantitative estimate of drug-likeness (QED) is 0.361. The molecule has 3 aliphatic rings. The fourth-order valence-electron chi connectivity index (χ4n) is 5.70. The van der Waals surface area contributed by atoms with Gasteiger partial charge in [-0.3, -0.25) is 14.4 Å². The molecule has 3 fully saturated rings. The third kappa shape index (κ3) is 3.42. The van der Waals surface area contributed by atoms with Crippen LogP contribution in [0.15, 0.2) is 24.3 Å². The van der Waals surface area contributed by atoms with E-state index in [1.807, 2.05) is 24.3 Å². The summed E-state index contributed by atoms with van der Waals surface area (Å²) in [5, 5.41) is 20.4. The number of aromatic nitrogens is 3. The highest BCUT2D eigenvalue weighted by Gasteiger charge is 2.76. The molecule has 4 heterocycles. The number of rotatable bonds is 8.